The third-order valence-electron chi connectivity index (χ3n) is 5.88. The van der Waals surface area contributed by atoms with E-state index in [4.69, 9.17) is 9.15 Å². The number of carbonyl (C=O) groups is 3. The number of hydrogen-bond donors (Lipinski definition) is 0. The predicted molar refractivity (Wildman–Crippen MR) is 109 cm³/mol. The van der Waals surface area contributed by atoms with Crippen LogP contribution in [0.1, 0.15) is 68.9 Å². The molecule has 0 N–H and O–H groups in total. The minimum Gasteiger partial charge on any atom is -0.467 e. The minimum absolute atomic E-state index is 0.0394. The first-order valence-corrected chi connectivity index (χ1v) is 10.4. The fraction of sp³-hybridized carbons (Fsp3) is 0.435. The van der Waals surface area contributed by atoms with Crippen molar-refractivity contribution >= 4 is 17.7 Å². The van der Waals surface area contributed by atoms with Crippen molar-refractivity contribution in [1.29, 1.82) is 0 Å². The smallest absolute Gasteiger partial charge is 0.261 e. The molecule has 0 radical (unpaired) electrons. The average Bonchev–Trinajstić information content (AvgIpc) is 3.37. The fourth-order valence-corrected chi connectivity index (χ4v) is 4.29. The van der Waals surface area contributed by atoms with Crippen LogP contribution in [0, 0.1) is 0 Å². The number of ether oxygens (including phenoxy) is 1. The summed E-state index contributed by atoms with van der Waals surface area (Å²) >= 11 is 0. The van der Waals surface area contributed by atoms with Crippen LogP contribution >= 0.6 is 0 Å². The van der Waals surface area contributed by atoms with Gasteiger partial charge in [0.05, 0.1) is 30.5 Å². The van der Waals surface area contributed by atoms with E-state index in [9.17, 15) is 14.4 Å². The van der Waals surface area contributed by atoms with Crippen LogP contribution in [0.4, 0.5) is 0 Å². The van der Waals surface area contributed by atoms with Gasteiger partial charge in [-0.25, -0.2) is 0 Å². The molecule has 1 aliphatic heterocycles. The number of fused-ring (bicyclic) bond motifs is 1. The van der Waals surface area contributed by atoms with Gasteiger partial charge in [-0.05, 0) is 43.2 Å². The van der Waals surface area contributed by atoms with Gasteiger partial charge in [0.15, 0.2) is 0 Å². The lowest BCUT2D eigenvalue weighted by Gasteiger charge is -2.29. The first-order valence-electron chi connectivity index (χ1n) is 10.4. The molecule has 1 aliphatic carbocycles. The van der Waals surface area contributed by atoms with Crippen molar-refractivity contribution in [3.63, 3.8) is 0 Å². The standard InChI is InChI=1S/C23H26N2O5/c1-29-13-11-24(15-18-8-5-12-30-18)21(26)16-9-10-19-20(14-16)23(28)25(22(19)27)17-6-3-2-4-7-17/h5,8-10,12,14,17H,2-4,6-7,11,13,15H2,1H3. The highest BCUT2D eigenvalue weighted by Crippen LogP contribution is 2.31. The summed E-state index contributed by atoms with van der Waals surface area (Å²) in [5.41, 5.74) is 1.08. The third-order valence-corrected chi connectivity index (χ3v) is 5.88. The van der Waals surface area contributed by atoms with Crippen LogP contribution in [0.2, 0.25) is 0 Å². The zero-order chi connectivity index (χ0) is 21.1. The highest BCUT2D eigenvalue weighted by Gasteiger charge is 2.40. The number of amides is 3. The molecule has 158 valence electrons. The molecule has 7 heteroatoms. The Bertz CT molecular complexity index is 931. The van der Waals surface area contributed by atoms with E-state index in [0.29, 0.717) is 42.1 Å². The molecule has 1 saturated carbocycles. The van der Waals surface area contributed by atoms with E-state index < -0.39 is 0 Å². The van der Waals surface area contributed by atoms with Gasteiger partial charge < -0.3 is 14.1 Å². The first kappa shape index (κ1) is 20.3. The van der Waals surface area contributed by atoms with Gasteiger partial charge in [-0.1, -0.05) is 19.3 Å². The van der Waals surface area contributed by atoms with Crippen molar-refractivity contribution in [3.8, 4) is 0 Å². The van der Waals surface area contributed by atoms with Gasteiger partial charge in [-0.15, -0.1) is 0 Å². The fourth-order valence-electron chi connectivity index (χ4n) is 4.29. The van der Waals surface area contributed by atoms with Gasteiger partial charge in [0.1, 0.15) is 5.76 Å². The van der Waals surface area contributed by atoms with E-state index >= 15 is 0 Å². The van der Waals surface area contributed by atoms with Gasteiger partial charge in [0.25, 0.3) is 17.7 Å². The van der Waals surface area contributed by atoms with E-state index in [1.807, 2.05) is 0 Å². The molecule has 0 atom stereocenters. The number of carbonyl (C=O) groups excluding carboxylic acids is 3. The molecule has 0 spiro atoms. The molecule has 2 aromatic rings. The number of benzene rings is 1. The van der Waals surface area contributed by atoms with Crippen LogP contribution in [0.25, 0.3) is 0 Å². The molecular formula is C23H26N2O5. The minimum atomic E-state index is -0.286. The lowest BCUT2D eigenvalue weighted by molar-refractivity contribution is 0.0548. The van der Waals surface area contributed by atoms with Crippen molar-refractivity contribution in [1.82, 2.24) is 9.80 Å². The molecule has 7 nitrogen and oxygen atoms in total. The van der Waals surface area contributed by atoms with Crippen molar-refractivity contribution < 1.29 is 23.5 Å². The monoisotopic (exact) mass is 410 g/mol. The van der Waals surface area contributed by atoms with E-state index in [0.717, 1.165) is 32.1 Å². The number of methoxy groups -OCH3 is 1. The Morgan fingerprint density at radius 3 is 2.60 bits per heavy atom. The van der Waals surface area contributed by atoms with Crippen LogP contribution in [-0.2, 0) is 11.3 Å². The quantitative estimate of drug-likeness (QED) is 0.653. The molecule has 2 aliphatic rings. The summed E-state index contributed by atoms with van der Waals surface area (Å²) in [6, 6.07) is 8.32. The second-order valence-electron chi connectivity index (χ2n) is 7.83. The molecular weight excluding hydrogens is 384 g/mol. The number of imide groups is 1. The maximum Gasteiger partial charge on any atom is 0.261 e. The van der Waals surface area contributed by atoms with E-state index in [2.05, 4.69) is 0 Å². The Hall–Kier alpha value is -2.93. The summed E-state index contributed by atoms with van der Waals surface area (Å²) in [4.78, 5) is 42.1. The van der Waals surface area contributed by atoms with Gasteiger partial charge in [0, 0.05) is 25.3 Å². The number of hydrogen-bond acceptors (Lipinski definition) is 5. The van der Waals surface area contributed by atoms with Crippen LogP contribution in [0.5, 0.6) is 0 Å². The Morgan fingerprint density at radius 1 is 1.13 bits per heavy atom. The first-order chi connectivity index (χ1) is 14.6. The Kier molecular flexibility index (Phi) is 5.99. The molecule has 30 heavy (non-hydrogen) atoms. The average molecular weight is 410 g/mol. The van der Waals surface area contributed by atoms with Crippen LogP contribution in [0.3, 0.4) is 0 Å². The molecule has 0 saturated heterocycles. The Morgan fingerprint density at radius 2 is 1.90 bits per heavy atom. The molecule has 1 aromatic carbocycles. The summed E-state index contributed by atoms with van der Waals surface area (Å²) in [6.07, 6.45) is 6.47. The molecule has 2 heterocycles. The maximum atomic E-state index is 13.2. The van der Waals surface area contributed by atoms with Gasteiger partial charge in [0.2, 0.25) is 0 Å². The SMILES string of the molecule is COCCN(Cc1ccco1)C(=O)c1ccc2c(c1)C(=O)N(C1CCCCC1)C2=O. The van der Waals surface area contributed by atoms with E-state index in [1.54, 1.807) is 48.6 Å². The summed E-state index contributed by atoms with van der Waals surface area (Å²) in [7, 11) is 1.58. The molecule has 3 amide bonds. The van der Waals surface area contributed by atoms with Gasteiger partial charge >= 0.3 is 0 Å². The molecule has 0 unspecified atom stereocenters. The van der Waals surface area contributed by atoms with Gasteiger partial charge in [-0.2, -0.15) is 0 Å². The van der Waals surface area contributed by atoms with Gasteiger partial charge in [-0.3, -0.25) is 19.3 Å². The Labute approximate surface area is 175 Å². The largest absolute Gasteiger partial charge is 0.467 e. The number of rotatable bonds is 7. The lowest BCUT2D eigenvalue weighted by Crippen LogP contribution is -2.40. The van der Waals surface area contributed by atoms with Crippen molar-refractivity contribution in [3.05, 3.63) is 59.0 Å². The van der Waals surface area contributed by atoms with E-state index in [1.165, 1.54) is 4.90 Å². The molecule has 0 bridgehead atoms. The lowest BCUT2D eigenvalue weighted by atomic mass is 9.94. The molecule has 1 aromatic heterocycles. The molecule has 1 fully saturated rings. The predicted octanol–water partition coefficient (Wildman–Crippen LogP) is 3.50. The second-order valence-corrected chi connectivity index (χ2v) is 7.83. The van der Waals surface area contributed by atoms with Crippen LogP contribution in [-0.4, -0.2) is 53.8 Å². The number of furan rings is 1. The normalized spacial score (nSPS) is 16.8. The summed E-state index contributed by atoms with van der Waals surface area (Å²) in [6.45, 7) is 1.06. The highest BCUT2D eigenvalue weighted by molar-refractivity contribution is 6.22. The van der Waals surface area contributed by atoms with Crippen LogP contribution in [0.15, 0.2) is 41.0 Å². The molecule has 4 rings (SSSR count). The van der Waals surface area contributed by atoms with Crippen molar-refractivity contribution in [2.45, 2.75) is 44.7 Å². The summed E-state index contributed by atoms with van der Waals surface area (Å²) in [5, 5.41) is 0. The highest BCUT2D eigenvalue weighted by atomic mass is 16.5. The zero-order valence-corrected chi connectivity index (χ0v) is 17.1. The van der Waals surface area contributed by atoms with Crippen LogP contribution < -0.4 is 0 Å². The summed E-state index contributed by atoms with van der Waals surface area (Å²) in [5.74, 6) is -0.100. The second kappa shape index (κ2) is 8.83. The summed E-state index contributed by atoms with van der Waals surface area (Å²) < 4.78 is 10.5. The Balaban J connectivity index is 1.57. The van der Waals surface area contributed by atoms with Crippen molar-refractivity contribution in [2.75, 3.05) is 20.3 Å². The maximum absolute atomic E-state index is 13.2. The number of nitrogens with zero attached hydrogens (tertiary/aromatic N) is 2. The van der Waals surface area contributed by atoms with E-state index in [-0.39, 0.29) is 23.8 Å². The third kappa shape index (κ3) is 3.89. The zero-order valence-electron chi connectivity index (χ0n) is 17.1. The van der Waals surface area contributed by atoms with Crippen molar-refractivity contribution in [2.24, 2.45) is 0 Å². The topological polar surface area (TPSA) is 80.1 Å².